The summed E-state index contributed by atoms with van der Waals surface area (Å²) in [6, 6.07) is 6.90. The Hall–Kier alpha value is -1.55. The highest BCUT2D eigenvalue weighted by molar-refractivity contribution is 8.04. The maximum atomic E-state index is 4.95. The number of nitrogens with zero attached hydrogens (tertiary/aromatic N) is 3. The largest absolute Gasteiger partial charge is 0.328 e. The average Bonchev–Trinajstić information content (AvgIpc) is 3.10. The number of fused-ring (bicyclic) bond motifs is 2. The third kappa shape index (κ3) is 2.13. The topological polar surface area (TPSA) is 30.2 Å². The fourth-order valence-corrected chi connectivity index (χ4v) is 4.34. The van der Waals surface area contributed by atoms with Crippen molar-refractivity contribution in [3.8, 4) is 0 Å². The first-order chi connectivity index (χ1) is 10.2. The van der Waals surface area contributed by atoms with E-state index >= 15 is 0 Å². The maximum absolute atomic E-state index is 4.95. The summed E-state index contributed by atoms with van der Waals surface area (Å²) in [5.74, 6) is 0. The first-order valence-electron chi connectivity index (χ1n) is 7.63. The predicted octanol–water partition coefficient (Wildman–Crippen LogP) is 4.87. The summed E-state index contributed by atoms with van der Waals surface area (Å²) < 4.78 is 2.23. The van der Waals surface area contributed by atoms with Crippen molar-refractivity contribution in [2.24, 2.45) is 4.99 Å². The van der Waals surface area contributed by atoms with Gasteiger partial charge in [0, 0.05) is 22.2 Å². The molecular weight excluding hydrogens is 278 g/mol. The molecule has 108 valence electrons. The van der Waals surface area contributed by atoms with Gasteiger partial charge in [0.15, 0.2) is 0 Å². The fourth-order valence-electron chi connectivity index (χ4n) is 3.10. The lowest BCUT2D eigenvalue weighted by Gasteiger charge is -2.10. The fraction of sp³-hybridized carbons (Fsp3) is 0.412. The van der Waals surface area contributed by atoms with Gasteiger partial charge in [-0.1, -0.05) is 30.0 Å². The number of thioether (sulfide) groups is 1. The average molecular weight is 297 g/mol. The first-order valence-corrected chi connectivity index (χ1v) is 8.51. The van der Waals surface area contributed by atoms with Crippen LogP contribution in [0.5, 0.6) is 0 Å². The molecule has 21 heavy (non-hydrogen) atoms. The van der Waals surface area contributed by atoms with E-state index in [0.29, 0.717) is 6.04 Å². The molecule has 0 bridgehead atoms. The molecule has 2 heterocycles. The number of para-hydroxylation sites is 1. The van der Waals surface area contributed by atoms with Gasteiger partial charge >= 0.3 is 0 Å². The molecule has 1 aliphatic heterocycles. The highest BCUT2D eigenvalue weighted by atomic mass is 32.2. The van der Waals surface area contributed by atoms with Crippen LogP contribution in [-0.2, 0) is 0 Å². The van der Waals surface area contributed by atoms with Crippen LogP contribution in [0.1, 0.15) is 50.1 Å². The Kier molecular flexibility index (Phi) is 3.14. The van der Waals surface area contributed by atoms with E-state index in [4.69, 9.17) is 4.99 Å². The quantitative estimate of drug-likeness (QED) is 0.791. The van der Waals surface area contributed by atoms with Gasteiger partial charge in [0.1, 0.15) is 5.37 Å². The molecular formula is C17H19N3S. The summed E-state index contributed by atoms with van der Waals surface area (Å²) in [6.45, 7) is 4.38. The molecule has 0 radical (unpaired) electrons. The van der Waals surface area contributed by atoms with Crippen molar-refractivity contribution < 1.29 is 0 Å². The summed E-state index contributed by atoms with van der Waals surface area (Å²) >= 11 is 1.89. The Morgan fingerprint density at radius 3 is 3.05 bits per heavy atom. The van der Waals surface area contributed by atoms with Crippen molar-refractivity contribution in [2.45, 2.75) is 44.5 Å². The second-order valence-corrected chi connectivity index (χ2v) is 7.09. The molecule has 0 fully saturated rings. The van der Waals surface area contributed by atoms with Crippen LogP contribution in [0, 0.1) is 0 Å². The Morgan fingerprint density at radius 2 is 2.24 bits per heavy atom. The number of aromatic nitrogens is 2. The molecule has 0 N–H and O–H groups in total. The number of hydrogen-bond donors (Lipinski definition) is 0. The molecule has 1 atom stereocenters. The van der Waals surface area contributed by atoms with Crippen LogP contribution in [0.4, 0.5) is 0 Å². The van der Waals surface area contributed by atoms with E-state index in [1.807, 2.05) is 18.1 Å². The summed E-state index contributed by atoms with van der Waals surface area (Å²) in [5, 5.41) is 0.184. The van der Waals surface area contributed by atoms with E-state index in [0.717, 1.165) is 11.9 Å². The van der Waals surface area contributed by atoms with E-state index < -0.39 is 0 Å². The molecule has 1 aromatic heterocycles. The Balaban J connectivity index is 1.80. The van der Waals surface area contributed by atoms with Crippen molar-refractivity contribution in [2.75, 3.05) is 0 Å². The Morgan fingerprint density at radius 1 is 1.33 bits per heavy atom. The lowest BCUT2D eigenvalue weighted by molar-refractivity contribution is 0.617. The molecule has 2 aliphatic rings. The van der Waals surface area contributed by atoms with Gasteiger partial charge in [0.05, 0.1) is 17.4 Å². The smallest absolute Gasteiger partial charge is 0.127 e. The first kappa shape index (κ1) is 13.1. The molecule has 1 unspecified atom stereocenters. The SMILES string of the molecule is CC(C)n1cnc2c(C3N=C4CCCC=C4S3)cccc21. The minimum atomic E-state index is 0.184. The zero-order valence-corrected chi connectivity index (χ0v) is 13.2. The number of allylic oxidation sites excluding steroid dienone is 2. The van der Waals surface area contributed by atoms with Crippen LogP contribution >= 0.6 is 11.8 Å². The van der Waals surface area contributed by atoms with Gasteiger partial charge in [-0.3, -0.25) is 4.99 Å². The van der Waals surface area contributed by atoms with Gasteiger partial charge in [0.25, 0.3) is 0 Å². The lowest BCUT2D eigenvalue weighted by atomic mass is 10.1. The van der Waals surface area contributed by atoms with Crippen molar-refractivity contribution in [1.29, 1.82) is 0 Å². The van der Waals surface area contributed by atoms with E-state index in [9.17, 15) is 0 Å². The van der Waals surface area contributed by atoms with E-state index in [1.54, 1.807) is 0 Å². The van der Waals surface area contributed by atoms with Crippen LogP contribution in [0.15, 0.2) is 40.5 Å². The monoisotopic (exact) mass is 297 g/mol. The molecule has 2 aromatic rings. The molecule has 3 nitrogen and oxygen atoms in total. The van der Waals surface area contributed by atoms with Crippen molar-refractivity contribution in [3.63, 3.8) is 0 Å². The zero-order valence-electron chi connectivity index (χ0n) is 12.4. The standard InChI is InChI=1S/C17H19N3S/c1-11(2)20-10-18-16-12(6-5-8-14(16)20)17-19-13-7-3-4-9-15(13)21-17/h5-6,8-11,17H,3-4,7H2,1-2H3. The predicted molar refractivity (Wildman–Crippen MR) is 89.8 cm³/mol. The second-order valence-electron chi connectivity index (χ2n) is 5.97. The van der Waals surface area contributed by atoms with Crippen LogP contribution in [-0.4, -0.2) is 15.3 Å². The van der Waals surface area contributed by atoms with Crippen LogP contribution in [0.25, 0.3) is 11.0 Å². The summed E-state index contributed by atoms with van der Waals surface area (Å²) in [4.78, 5) is 11.0. The van der Waals surface area contributed by atoms with E-state index in [2.05, 4.69) is 47.7 Å². The number of imidazole rings is 1. The second kappa shape index (κ2) is 5.02. The number of benzene rings is 1. The van der Waals surface area contributed by atoms with Crippen LogP contribution in [0.2, 0.25) is 0 Å². The summed E-state index contributed by atoms with van der Waals surface area (Å²) in [5.41, 5.74) is 4.87. The molecule has 0 spiro atoms. The van der Waals surface area contributed by atoms with Crippen molar-refractivity contribution >= 4 is 28.5 Å². The minimum Gasteiger partial charge on any atom is -0.328 e. The Bertz CT molecular complexity index is 754. The molecule has 0 saturated heterocycles. The highest BCUT2D eigenvalue weighted by Crippen LogP contribution is 2.46. The van der Waals surface area contributed by atoms with Gasteiger partial charge < -0.3 is 4.57 Å². The lowest BCUT2D eigenvalue weighted by Crippen LogP contribution is -2.00. The summed E-state index contributed by atoms with van der Waals surface area (Å²) in [7, 11) is 0. The molecule has 0 saturated carbocycles. The third-order valence-corrected chi connectivity index (χ3v) is 5.44. The number of rotatable bonds is 2. The molecule has 0 amide bonds. The van der Waals surface area contributed by atoms with Gasteiger partial charge in [0.2, 0.25) is 0 Å². The van der Waals surface area contributed by atoms with Crippen molar-refractivity contribution in [3.05, 3.63) is 41.1 Å². The normalized spacial score (nSPS) is 21.6. The number of aliphatic imine (C=N–C) groups is 1. The van der Waals surface area contributed by atoms with Gasteiger partial charge in [-0.2, -0.15) is 0 Å². The molecule has 4 rings (SSSR count). The number of hydrogen-bond acceptors (Lipinski definition) is 3. The van der Waals surface area contributed by atoms with Gasteiger partial charge in [-0.15, -0.1) is 0 Å². The van der Waals surface area contributed by atoms with E-state index in [-0.39, 0.29) is 5.37 Å². The summed E-state index contributed by atoms with van der Waals surface area (Å²) in [6.07, 6.45) is 7.87. The molecule has 4 heteroatoms. The Labute approximate surface area is 129 Å². The van der Waals surface area contributed by atoms with Gasteiger partial charge in [-0.25, -0.2) is 4.98 Å². The van der Waals surface area contributed by atoms with Gasteiger partial charge in [-0.05, 0) is 39.2 Å². The molecule has 1 aliphatic carbocycles. The zero-order chi connectivity index (χ0) is 14.4. The highest BCUT2D eigenvalue weighted by Gasteiger charge is 2.27. The minimum absolute atomic E-state index is 0.184. The molecule has 1 aromatic carbocycles. The third-order valence-electron chi connectivity index (χ3n) is 4.20. The maximum Gasteiger partial charge on any atom is 0.127 e. The van der Waals surface area contributed by atoms with Crippen LogP contribution < -0.4 is 0 Å². The van der Waals surface area contributed by atoms with E-state index in [1.165, 1.54) is 34.5 Å². The van der Waals surface area contributed by atoms with Crippen LogP contribution in [0.3, 0.4) is 0 Å². The van der Waals surface area contributed by atoms with Crippen molar-refractivity contribution in [1.82, 2.24) is 9.55 Å².